The van der Waals surface area contributed by atoms with Gasteiger partial charge in [0.1, 0.15) is 5.54 Å². The van der Waals surface area contributed by atoms with E-state index in [1.54, 1.807) is 0 Å². The summed E-state index contributed by atoms with van der Waals surface area (Å²) in [5.74, 6) is -0.821. The highest BCUT2D eigenvalue weighted by atomic mass is 16.5. The van der Waals surface area contributed by atoms with Gasteiger partial charge in [0, 0.05) is 31.7 Å². The van der Waals surface area contributed by atoms with Gasteiger partial charge in [0.2, 0.25) is 0 Å². The van der Waals surface area contributed by atoms with Gasteiger partial charge in [-0.1, -0.05) is 31.0 Å². The number of carboxylic acid groups (broad SMARTS) is 1. The number of carboxylic acids is 1. The minimum atomic E-state index is -0.986. The van der Waals surface area contributed by atoms with Crippen LogP contribution in [0.3, 0.4) is 0 Å². The van der Waals surface area contributed by atoms with Crippen LogP contribution in [0, 0.1) is 20.8 Å². The molecular weight excluding hydrogens is 402 g/mol. The lowest BCUT2D eigenvalue weighted by Gasteiger charge is -2.35. The summed E-state index contributed by atoms with van der Waals surface area (Å²) in [6, 6.07) is 10.7. The van der Waals surface area contributed by atoms with E-state index in [1.165, 1.54) is 35.1 Å². The molecule has 0 radical (unpaired) electrons. The van der Waals surface area contributed by atoms with E-state index in [4.69, 9.17) is 9.47 Å². The number of hydrogen-bond donors (Lipinski definition) is 2. The SMILES string of the molecule is Cc1cc(-c2ccc(NC3(C(=O)O)CCOCC3)cc2COC2CCCC2)cc(C)c1C. The van der Waals surface area contributed by atoms with E-state index < -0.39 is 11.5 Å². The van der Waals surface area contributed by atoms with Gasteiger partial charge in [-0.3, -0.25) is 0 Å². The predicted octanol–water partition coefficient (Wildman–Crippen LogP) is 5.78. The molecule has 1 aliphatic heterocycles. The molecule has 0 spiro atoms. The van der Waals surface area contributed by atoms with Gasteiger partial charge in [-0.2, -0.15) is 0 Å². The number of ether oxygens (including phenoxy) is 2. The van der Waals surface area contributed by atoms with Crippen molar-refractivity contribution >= 4 is 11.7 Å². The van der Waals surface area contributed by atoms with Gasteiger partial charge in [-0.25, -0.2) is 4.79 Å². The molecule has 2 aliphatic rings. The fraction of sp³-hybridized carbons (Fsp3) is 0.519. The molecular formula is C27H35NO4. The van der Waals surface area contributed by atoms with Crippen LogP contribution < -0.4 is 5.32 Å². The van der Waals surface area contributed by atoms with Gasteiger partial charge < -0.3 is 19.9 Å². The monoisotopic (exact) mass is 437 g/mol. The molecule has 2 fully saturated rings. The number of rotatable bonds is 7. The number of nitrogens with one attached hydrogen (secondary N) is 1. The van der Waals surface area contributed by atoms with E-state index in [1.807, 2.05) is 6.07 Å². The first-order valence-corrected chi connectivity index (χ1v) is 11.8. The summed E-state index contributed by atoms with van der Waals surface area (Å²) < 4.78 is 11.7. The van der Waals surface area contributed by atoms with Crippen molar-refractivity contribution in [1.29, 1.82) is 0 Å². The number of anilines is 1. The number of benzene rings is 2. The highest BCUT2D eigenvalue weighted by molar-refractivity contribution is 5.83. The Bertz CT molecular complexity index is 949. The number of carbonyl (C=O) groups is 1. The largest absolute Gasteiger partial charge is 0.480 e. The fourth-order valence-corrected chi connectivity index (χ4v) is 4.91. The third-order valence-electron chi connectivity index (χ3n) is 7.26. The Kier molecular flexibility index (Phi) is 6.87. The lowest BCUT2D eigenvalue weighted by Crippen LogP contribution is -2.50. The van der Waals surface area contributed by atoms with E-state index >= 15 is 0 Å². The number of hydrogen-bond acceptors (Lipinski definition) is 4. The molecule has 5 nitrogen and oxygen atoms in total. The molecule has 1 aliphatic carbocycles. The molecule has 1 heterocycles. The maximum Gasteiger partial charge on any atom is 0.329 e. The van der Waals surface area contributed by atoms with Crippen LogP contribution in [0.1, 0.15) is 60.8 Å². The summed E-state index contributed by atoms with van der Waals surface area (Å²) in [6.07, 6.45) is 5.94. The van der Waals surface area contributed by atoms with Crippen molar-refractivity contribution in [3.05, 3.63) is 52.6 Å². The number of aliphatic carboxylic acids is 1. The highest BCUT2D eigenvalue weighted by Crippen LogP contribution is 2.34. The molecule has 32 heavy (non-hydrogen) atoms. The lowest BCUT2D eigenvalue weighted by molar-refractivity contribution is -0.145. The third kappa shape index (κ3) is 4.84. The zero-order valence-electron chi connectivity index (χ0n) is 19.5. The van der Waals surface area contributed by atoms with E-state index in [9.17, 15) is 9.90 Å². The van der Waals surface area contributed by atoms with Crippen LogP contribution in [0.4, 0.5) is 5.69 Å². The third-order valence-corrected chi connectivity index (χ3v) is 7.26. The van der Waals surface area contributed by atoms with Crippen LogP contribution in [-0.4, -0.2) is 35.9 Å². The van der Waals surface area contributed by atoms with Gasteiger partial charge >= 0.3 is 5.97 Å². The second-order valence-electron chi connectivity index (χ2n) is 9.45. The van der Waals surface area contributed by atoms with E-state index in [-0.39, 0.29) is 0 Å². The summed E-state index contributed by atoms with van der Waals surface area (Å²) in [7, 11) is 0. The molecule has 0 atom stereocenters. The van der Waals surface area contributed by atoms with Crippen molar-refractivity contribution in [2.45, 2.75) is 77.5 Å². The first kappa shape index (κ1) is 22.8. The average molecular weight is 438 g/mol. The topological polar surface area (TPSA) is 67.8 Å². The second kappa shape index (κ2) is 9.63. The molecule has 0 aromatic heterocycles. The van der Waals surface area contributed by atoms with E-state index in [0.29, 0.717) is 38.8 Å². The molecule has 0 unspecified atom stereocenters. The minimum Gasteiger partial charge on any atom is -0.480 e. The van der Waals surface area contributed by atoms with Crippen LogP contribution in [0.2, 0.25) is 0 Å². The summed E-state index contributed by atoms with van der Waals surface area (Å²) in [5, 5.41) is 13.3. The first-order valence-electron chi connectivity index (χ1n) is 11.8. The van der Waals surface area contributed by atoms with E-state index in [2.05, 4.69) is 50.4 Å². The zero-order chi connectivity index (χ0) is 22.7. The van der Waals surface area contributed by atoms with Gasteiger partial charge in [0.25, 0.3) is 0 Å². The molecule has 1 saturated heterocycles. The van der Waals surface area contributed by atoms with Crippen LogP contribution in [-0.2, 0) is 20.9 Å². The Morgan fingerprint density at radius 3 is 2.38 bits per heavy atom. The van der Waals surface area contributed by atoms with Crippen LogP contribution in [0.25, 0.3) is 11.1 Å². The molecule has 2 aromatic rings. The van der Waals surface area contributed by atoms with Crippen molar-refractivity contribution in [3.63, 3.8) is 0 Å². The molecule has 0 amide bonds. The van der Waals surface area contributed by atoms with Crippen LogP contribution in [0.15, 0.2) is 30.3 Å². The Labute approximate surface area is 191 Å². The Balaban J connectivity index is 1.67. The summed E-state index contributed by atoms with van der Waals surface area (Å²) >= 11 is 0. The van der Waals surface area contributed by atoms with Gasteiger partial charge in [0.05, 0.1) is 12.7 Å². The van der Waals surface area contributed by atoms with Crippen molar-refractivity contribution in [1.82, 2.24) is 0 Å². The quantitative estimate of drug-likeness (QED) is 0.574. The zero-order valence-corrected chi connectivity index (χ0v) is 19.5. The standard InChI is InChI=1S/C27H35NO4/c1-18-14-21(15-19(2)20(18)3)25-9-8-23(16-22(25)17-32-24-6-4-5-7-24)28-27(26(29)30)10-12-31-13-11-27/h8-9,14-16,24,28H,4-7,10-13,17H2,1-3H3,(H,29,30). The Hall–Kier alpha value is -2.37. The Morgan fingerprint density at radius 2 is 1.75 bits per heavy atom. The van der Waals surface area contributed by atoms with Crippen molar-refractivity contribution in [2.24, 2.45) is 0 Å². The smallest absolute Gasteiger partial charge is 0.329 e. The van der Waals surface area contributed by atoms with Crippen molar-refractivity contribution < 1.29 is 19.4 Å². The molecule has 5 heteroatoms. The summed E-state index contributed by atoms with van der Waals surface area (Å²) in [6.45, 7) is 7.90. The average Bonchev–Trinajstić information content (AvgIpc) is 3.30. The maximum atomic E-state index is 12.1. The van der Waals surface area contributed by atoms with Crippen LogP contribution in [0.5, 0.6) is 0 Å². The fourth-order valence-electron chi connectivity index (χ4n) is 4.91. The maximum absolute atomic E-state index is 12.1. The van der Waals surface area contributed by atoms with Gasteiger partial charge in [0.15, 0.2) is 0 Å². The first-order chi connectivity index (χ1) is 15.4. The molecule has 2 N–H and O–H groups in total. The molecule has 4 rings (SSSR count). The molecule has 2 aromatic carbocycles. The molecule has 172 valence electrons. The van der Waals surface area contributed by atoms with Crippen molar-refractivity contribution in [3.8, 4) is 11.1 Å². The number of aryl methyl sites for hydroxylation is 2. The molecule has 1 saturated carbocycles. The Morgan fingerprint density at radius 1 is 1.09 bits per heavy atom. The summed E-state index contributed by atoms with van der Waals surface area (Å²) in [4.78, 5) is 12.1. The predicted molar refractivity (Wildman–Crippen MR) is 127 cm³/mol. The van der Waals surface area contributed by atoms with Gasteiger partial charge in [-0.15, -0.1) is 0 Å². The normalized spacial score (nSPS) is 18.6. The lowest BCUT2D eigenvalue weighted by atomic mass is 9.89. The highest BCUT2D eigenvalue weighted by Gasteiger charge is 2.40. The van der Waals surface area contributed by atoms with Gasteiger partial charge in [-0.05, 0) is 79.1 Å². The molecule has 0 bridgehead atoms. The van der Waals surface area contributed by atoms with Crippen molar-refractivity contribution in [2.75, 3.05) is 18.5 Å². The second-order valence-corrected chi connectivity index (χ2v) is 9.45. The van der Waals surface area contributed by atoms with Crippen LogP contribution >= 0.6 is 0 Å². The minimum absolute atomic E-state index is 0.321. The van der Waals surface area contributed by atoms with E-state index in [0.717, 1.165) is 29.7 Å². The summed E-state index contributed by atoms with van der Waals surface area (Å²) in [5.41, 5.74) is 7.13.